The molecule has 0 aromatic carbocycles. The molecule has 0 unspecified atom stereocenters. The summed E-state index contributed by atoms with van der Waals surface area (Å²) >= 11 is 0. The standard InChI is InChI=1S/C17H25N5O3/c23-16(20-9-11-25-12-10-20)13-5-4-8-21(13)17(24)15-19-18-14-6-2-1-3-7-22(14)15/h13H,1-12H2/t13-/m0/s1. The molecule has 2 fully saturated rings. The Labute approximate surface area is 147 Å². The lowest BCUT2D eigenvalue weighted by molar-refractivity contribution is -0.139. The first-order valence-corrected chi connectivity index (χ1v) is 9.35. The summed E-state index contributed by atoms with van der Waals surface area (Å²) in [6.45, 7) is 3.77. The number of hydrogen-bond acceptors (Lipinski definition) is 5. The summed E-state index contributed by atoms with van der Waals surface area (Å²) in [5.41, 5.74) is 0. The number of carbonyl (C=O) groups excluding carboxylic acids is 2. The molecular formula is C17H25N5O3. The van der Waals surface area contributed by atoms with Crippen molar-refractivity contribution in [2.75, 3.05) is 32.8 Å². The Morgan fingerprint density at radius 1 is 0.960 bits per heavy atom. The van der Waals surface area contributed by atoms with Gasteiger partial charge in [0.2, 0.25) is 11.7 Å². The number of nitrogens with zero attached hydrogens (tertiary/aromatic N) is 5. The average Bonchev–Trinajstić information content (AvgIpc) is 3.23. The van der Waals surface area contributed by atoms with Crippen molar-refractivity contribution < 1.29 is 14.3 Å². The van der Waals surface area contributed by atoms with Gasteiger partial charge in [-0.3, -0.25) is 9.59 Å². The number of morpholine rings is 1. The number of hydrogen-bond donors (Lipinski definition) is 0. The minimum atomic E-state index is -0.371. The van der Waals surface area contributed by atoms with E-state index < -0.39 is 0 Å². The van der Waals surface area contributed by atoms with Crippen molar-refractivity contribution >= 4 is 11.8 Å². The number of likely N-dealkylation sites (tertiary alicyclic amines) is 1. The van der Waals surface area contributed by atoms with E-state index >= 15 is 0 Å². The highest BCUT2D eigenvalue weighted by Crippen LogP contribution is 2.23. The fourth-order valence-electron chi connectivity index (χ4n) is 4.03. The molecule has 0 aliphatic carbocycles. The molecule has 1 aromatic heterocycles. The van der Waals surface area contributed by atoms with Crippen molar-refractivity contribution in [2.24, 2.45) is 0 Å². The van der Waals surface area contributed by atoms with Crippen LogP contribution in [0.25, 0.3) is 0 Å². The SMILES string of the molecule is O=C([C@@H]1CCCN1C(=O)c1nnc2n1CCCCC2)N1CCOCC1. The van der Waals surface area contributed by atoms with Crippen molar-refractivity contribution in [1.29, 1.82) is 0 Å². The van der Waals surface area contributed by atoms with Gasteiger partial charge in [0, 0.05) is 32.6 Å². The molecule has 3 aliphatic heterocycles. The molecule has 0 N–H and O–H groups in total. The molecular weight excluding hydrogens is 322 g/mol. The summed E-state index contributed by atoms with van der Waals surface area (Å²) in [6.07, 6.45) is 5.74. The van der Waals surface area contributed by atoms with E-state index in [4.69, 9.17) is 4.74 Å². The van der Waals surface area contributed by atoms with E-state index in [9.17, 15) is 9.59 Å². The number of carbonyl (C=O) groups is 2. The van der Waals surface area contributed by atoms with E-state index in [-0.39, 0.29) is 17.9 Å². The molecule has 4 rings (SSSR count). The van der Waals surface area contributed by atoms with Crippen molar-refractivity contribution in [2.45, 2.75) is 51.1 Å². The molecule has 25 heavy (non-hydrogen) atoms. The van der Waals surface area contributed by atoms with Crippen LogP contribution in [0.1, 0.15) is 48.5 Å². The Kier molecular flexibility index (Phi) is 4.70. The van der Waals surface area contributed by atoms with Crippen molar-refractivity contribution in [3.63, 3.8) is 0 Å². The van der Waals surface area contributed by atoms with Crippen LogP contribution >= 0.6 is 0 Å². The molecule has 1 atom stereocenters. The lowest BCUT2D eigenvalue weighted by Crippen LogP contribution is -2.51. The summed E-state index contributed by atoms with van der Waals surface area (Å²) in [5.74, 6) is 1.20. The normalized spacial score (nSPS) is 24.1. The molecule has 4 heterocycles. The monoisotopic (exact) mass is 347 g/mol. The first-order chi connectivity index (χ1) is 12.3. The van der Waals surface area contributed by atoms with Crippen LogP contribution in [0.4, 0.5) is 0 Å². The van der Waals surface area contributed by atoms with Crippen LogP contribution < -0.4 is 0 Å². The predicted molar refractivity (Wildman–Crippen MR) is 89.0 cm³/mol. The maximum Gasteiger partial charge on any atom is 0.292 e. The minimum Gasteiger partial charge on any atom is -0.378 e. The zero-order valence-corrected chi connectivity index (χ0v) is 14.5. The molecule has 8 nitrogen and oxygen atoms in total. The Balaban J connectivity index is 1.53. The highest BCUT2D eigenvalue weighted by molar-refractivity contribution is 5.95. The van der Waals surface area contributed by atoms with E-state index in [1.165, 1.54) is 0 Å². The second kappa shape index (κ2) is 7.11. The first kappa shape index (κ1) is 16.5. The number of ether oxygens (including phenoxy) is 1. The van der Waals surface area contributed by atoms with E-state index in [1.54, 1.807) is 4.90 Å². The van der Waals surface area contributed by atoms with Crippen LogP contribution in [0.15, 0.2) is 0 Å². The zero-order valence-electron chi connectivity index (χ0n) is 14.5. The smallest absolute Gasteiger partial charge is 0.292 e. The summed E-state index contributed by atoms with van der Waals surface area (Å²) in [4.78, 5) is 29.5. The van der Waals surface area contributed by atoms with Crippen LogP contribution in [0.2, 0.25) is 0 Å². The van der Waals surface area contributed by atoms with Gasteiger partial charge in [-0.1, -0.05) is 6.42 Å². The van der Waals surface area contributed by atoms with Crippen molar-refractivity contribution in [3.8, 4) is 0 Å². The van der Waals surface area contributed by atoms with E-state index in [1.807, 2.05) is 9.47 Å². The molecule has 136 valence electrons. The van der Waals surface area contributed by atoms with Gasteiger partial charge in [-0.05, 0) is 25.7 Å². The predicted octanol–water partition coefficient (Wildman–Crippen LogP) is 0.468. The molecule has 2 amide bonds. The largest absolute Gasteiger partial charge is 0.378 e. The zero-order chi connectivity index (χ0) is 17.2. The van der Waals surface area contributed by atoms with Gasteiger partial charge in [-0.2, -0.15) is 0 Å². The van der Waals surface area contributed by atoms with Crippen molar-refractivity contribution in [1.82, 2.24) is 24.6 Å². The number of amides is 2. The molecule has 0 spiro atoms. The number of aromatic nitrogens is 3. The van der Waals surface area contributed by atoms with Gasteiger partial charge >= 0.3 is 0 Å². The molecule has 3 aliphatic rings. The van der Waals surface area contributed by atoms with Crippen LogP contribution in [-0.4, -0.2) is 75.3 Å². The number of rotatable bonds is 2. The minimum absolute atomic E-state index is 0.0461. The molecule has 0 saturated carbocycles. The Morgan fingerprint density at radius 3 is 2.64 bits per heavy atom. The lowest BCUT2D eigenvalue weighted by atomic mass is 10.2. The molecule has 2 saturated heterocycles. The Morgan fingerprint density at radius 2 is 1.80 bits per heavy atom. The van der Waals surface area contributed by atoms with Gasteiger partial charge in [-0.15, -0.1) is 10.2 Å². The van der Waals surface area contributed by atoms with Gasteiger partial charge in [0.05, 0.1) is 13.2 Å². The van der Waals surface area contributed by atoms with E-state index in [2.05, 4.69) is 10.2 Å². The van der Waals surface area contributed by atoms with Gasteiger partial charge in [-0.25, -0.2) is 0 Å². The van der Waals surface area contributed by atoms with E-state index in [0.717, 1.165) is 50.9 Å². The summed E-state index contributed by atoms with van der Waals surface area (Å²) in [7, 11) is 0. The molecule has 1 aromatic rings. The van der Waals surface area contributed by atoms with Crippen LogP contribution in [0.3, 0.4) is 0 Å². The average molecular weight is 347 g/mol. The van der Waals surface area contributed by atoms with Crippen LogP contribution in [-0.2, 0) is 22.5 Å². The third-order valence-electron chi connectivity index (χ3n) is 5.42. The third kappa shape index (κ3) is 3.15. The number of fused-ring (bicyclic) bond motifs is 1. The highest BCUT2D eigenvalue weighted by Gasteiger charge is 2.39. The summed E-state index contributed by atoms with van der Waals surface area (Å²) < 4.78 is 7.29. The molecule has 0 bridgehead atoms. The van der Waals surface area contributed by atoms with Gasteiger partial charge < -0.3 is 19.1 Å². The molecule has 0 radical (unpaired) electrons. The summed E-state index contributed by atoms with van der Waals surface area (Å²) in [6, 6.07) is -0.371. The Hall–Kier alpha value is -1.96. The van der Waals surface area contributed by atoms with E-state index in [0.29, 0.717) is 38.7 Å². The number of aryl methyl sites for hydroxylation is 1. The van der Waals surface area contributed by atoms with Crippen LogP contribution in [0, 0.1) is 0 Å². The quantitative estimate of drug-likeness (QED) is 0.777. The maximum absolute atomic E-state index is 13.1. The molecule has 8 heteroatoms. The van der Waals surface area contributed by atoms with Gasteiger partial charge in [0.15, 0.2) is 0 Å². The first-order valence-electron chi connectivity index (χ1n) is 9.35. The fraction of sp³-hybridized carbons (Fsp3) is 0.765. The van der Waals surface area contributed by atoms with Gasteiger partial charge in [0.25, 0.3) is 5.91 Å². The lowest BCUT2D eigenvalue weighted by Gasteiger charge is -2.32. The van der Waals surface area contributed by atoms with Crippen molar-refractivity contribution in [3.05, 3.63) is 11.6 Å². The Bertz CT molecular complexity index is 653. The summed E-state index contributed by atoms with van der Waals surface area (Å²) in [5, 5.41) is 8.39. The highest BCUT2D eigenvalue weighted by atomic mass is 16.5. The second-order valence-corrected chi connectivity index (χ2v) is 7.00. The maximum atomic E-state index is 13.1. The fourth-order valence-corrected chi connectivity index (χ4v) is 4.03. The third-order valence-corrected chi connectivity index (χ3v) is 5.42. The topological polar surface area (TPSA) is 80.6 Å². The van der Waals surface area contributed by atoms with Crippen LogP contribution in [0.5, 0.6) is 0 Å². The second-order valence-electron chi connectivity index (χ2n) is 7.00. The van der Waals surface area contributed by atoms with Gasteiger partial charge in [0.1, 0.15) is 11.9 Å².